The maximum absolute atomic E-state index is 3.36. The van der Waals surface area contributed by atoms with Crippen LogP contribution in [0.1, 0.15) is 51.1 Å². The van der Waals surface area contributed by atoms with E-state index in [0.717, 1.165) is 12.5 Å². The lowest BCUT2D eigenvalue weighted by atomic mass is 10.0. The first-order chi connectivity index (χ1) is 8.80. The lowest BCUT2D eigenvalue weighted by Crippen LogP contribution is -2.28. The molecule has 0 radical (unpaired) electrons. The highest BCUT2D eigenvalue weighted by molar-refractivity contribution is 5.49. The predicted octanol–water partition coefficient (Wildman–Crippen LogP) is 3.74. The van der Waals surface area contributed by atoms with E-state index >= 15 is 0 Å². The van der Waals surface area contributed by atoms with Crippen LogP contribution in [0.4, 0.5) is 5.69 Å². The molecule has 2 atom stereocenters. The van der Waals surface area contributed by atoms with Gasteiger partial charge in [-0.3, -0.25) is 0 Å². The zero-order valence-electron chi connectivity index (χ0n) is 11.9. The zero-order chi connectivity index (χ0) is 13.0. The van der Waals surface area contributed by atoms with Gasteiger partial charge < -0.3 is 10.2 Å². The van der Waals surface area contributed by atoms with E-state index in [2.05, 4.69) is 48.3 Å². The molecule has 0 amide bonds. The smallest absolute Gasteiger partial charge is 0.0368 e. The number of anilines is 1. The molecule has 0 aromatic heterocycles. The number of hydrogen-bond acceptors (Lipinski definition) is 2. The molecular formula is C16H26N2. The first-order valence-corrected chi connectivity index (χ1v) is 7.34. The second-order valence-electron chi connectivity index (χ2n) is 5.24. The summed E-state index contributed by atoms with van der Waals surface area (Å²) in [6, 6.07) is 10.4. The lowest BCUT2D eigenvalue weighted by Gasteiger charge is -2.26. The van der Waals surface area contributed by atoms with Gasteiger partial charge in [0.2, 0.25) is 0 Å². The molecule has 2 heteroatoms. The second-order valence-corrected chi connectivity index (χ2v) is 5.24. The van der Waals surface area contributed by atoms with Crippen LogP contribution in [0.25, 0.3) is 0 Å². The summed E-state index contributed by atoms with van der Waals surface area (Å²) in [5, 5.41) is 3.36. The first kappa shape index (κ1) is 13.4. The molecule has 0 bridgehead atoms. The Kier molecular flexibility index (Phi) is 4.65. The molecule has 1 heterocycles. The van der Waals surface area contributed by atoms with Crippen LogP contribution in [0.5, 0.6) is 0 Å². The monoisotopic (exact) mass is 246 g/mol. The minimum atomic E-state index is 0.486. The minimum Gasteiger partial charge on any atom is -0.369 e. The Morgan fingerprint density at radius 1 is 1.28 bits per heavy atom. The van der Waals surface area contributed by atoms with Gasteiger partial charge in [-0.15, -0.1) is 0 Å². The van der Waals surface area contributed by atoms with Crippen LogP contribution < -0.4 is 10.2 Å². The SMILES string of the molecule is CCC(NC)c1ccc(N2CCCC2CC)cc1. The van der Waals surface area contributed by atoms with Crippen molar-refractivity contribution in [1.29, 1.82) is 0 Å². The fourth-order valence-electron chi connectivity index (χ4n) is 3.10. The highest BCUT2D eigenvalue weighted by Gasteiger charge is 2.22. The molecule has 1 aromatic carbocycles. The van der Waals surface area contributed by atoms with Gasteiger partial charge in [0.1, 0.15) is 0 Å². The van der Waals surface area contributed by atoms with Crippen molar-refractivity contribution in [3.05, 3.63) is 29.8 Å². The molecule has 1 fully saturated rings. The molecule has 0 spiro atoms. The van der Waals surface area contributed by atoms with E-state index in [0.29, 0.717) is 6.04 Å². The molecule has 0 aliphatic carbocycles. The summed E-state index contributed by atoms with van der Waals surface area (Å²) in [4.78, 5) is 2.57. The topological polar surface area (TPSA) is 15.3 Å². The molecule has 1 saturated heterocycles. The van der Waals surface area contributed by atoms with Crippen LogP contribution in [0, 0.1) is 0 Å². The van der Waals surface area contributed by atoms with Gasteiger partial charge in [-0.25, -0.2) is 0 Å². The summed E-state index contributed by atoms with van der Waals surface area (Å²) in [6.45, 7) is 5.75. The van der Waals surface area contributed by atoms with E-state index in [1.54, 1.807) is 0 Å². The fraction of sp³-hybridized carbons (Fsp3) is 0.625. The van der Waals surface area contributed by atoms with E-state index in [9.17, 15) is 0 Å². The molecule has 100 valence electrons. The van der Waals surface area contributed by atoms with Gasteiger partial charge in [-0.2, -0.15) is 0 Å². The minimum absolute atomic E-state index is 0.486. The summed E-state index contributed by atoms with van der Waals surface area (Å²) in [6.07, 6.45) is 5.09. The normalized spacial score (nSPS) is 21.3. The van der Waals surface area contributed by atoms with Crippen LogP contribution in [0.2, 0.25) is 0 Å². The molecule has 1 aliphatic rings. The van der Waals surface area contributed by atoms with Gasteiger partial charge in [0, 0.05) is 24.3 Å². The van der Waals surface area contributed by atoms with Crippen LogP contribution >= 0.6 is 0 Å². The van der Waals surface area contributed by atoms with E-state index in [1.807, 2.05) is 7.05 Å². The van der Waals surface area contributed by atoms with Crippen molar-refractivity contribution in [3.8, 4) is 0 Å². The Balaban J connectivity index is 2.12. The lowest BCUT2D eigenvalue weighted by molar-refractivity contribution is 0.576. The average Bonchev–Trinajstić information content (AvgIpc) is 2.89. The van der Waals surface area contributed by atoms with E-state index in [-0.39, 0.29) is 0 Å². The second kappa shape index (κ2) is 6.24. The highest BCUT2D eigenvalue weighted by atomic mass is 15.2. The standard InChI is InChI=1S/C16H26N2/c1-4-14-7-6-12-18(14)15-10-8-13(9-11-15)16(5-2)17-3/h8-11,14,16-17H,4-7,12H2,1-3H3. The Bertz CT molecular complexity index is 354. The fourth-order valence-corrected chi connectivity index (χ4v) is 3.10. The Morgan fingerprint density at radius 2 is 2.00 bits per heavy atom. The molecule has 0 saturated carbocycles. The number of nitrogens with zero attached hydrogens (tertiary/aromatic N) is 1. The molecule has 2 nitrogen and oxygen atoms in total. The van der Waals surface area contributed by atoms with Crippen LogP contribution in [0.15, 0.2) is 24.3 Å². The molecule has 2 unspecified atom stereocenters. The zero-order valence-corrected chi connectivity index (χ0v) is 11.9. The van der Waals surface area contributed by atoms with Gasteiger partial charge in [0.05, 0.1) is 0 Å². The van der Waals surface area contributed by atoms with Gasteiger partial charge in [-0.1, -0.05) is 26.0 Å². The average molecular weight is 246 g/mol. The van der Waals surface area contributed by atoms with Crippen molar-refractivity contribution in [2.24, 2.45) is 0 Å². The van der Waals surface area contributed by atoms with Crippen molar-refractivity contribution in [3.63, 3.8) is 0 Å². The summed E-state index contributed by atoms with van der Waals surface area (Å²) in [5.41, 5.74) is 2.80. The molecule has 1 N–H and O–H groups in total. The quantitative estimate of drug-likeness (QED) is 0.851. The predicted molar refractivity (Wildman–Crippen MR) is 79.2 cm³/mol. The Labute approximate surface area is 111 Å². The maximum Gasteiger partial charge on any atom is 0.0368 e. The Hall–Kier alpha value is -1.02. The van der Waals surface area contributed by atoms with Gasteiger partial charge in [-0.05, 0) is 50.4 Å². The van der Waals surface area contributed by atoms with Crippen molar-refractivity contribution >= 4 is 5.69 Å². The van der Waals surface area contributed by atoms with Crippen molar-refractivity contribution < 1.29 is 0 Å². The Morgan fingerprint density at radius 3 is 2.56 bits per heavy atom. The van der Waals surface area contributed by atoms with Gasteiger partial charge >= 0.3 is 0 Å². The van der Waals surface area contributed by atoms with Crippen LogP contribution in [-0.4, -0.2) is 19.6 Å². The molecule has 1 aliphatic heterocycles. The first-order valence-electron chi connectivity index (χ1n) is 7.34. The van der Waals surface area contributed by atoms with Crippen LogP contribution in [-0.2, 0) is 0 Å². The number of benzene rings is 1. The molecule has 1 aromatic rings. The van der Waals surface area contributed by atoms with E-state index < -0.39 is 0 Å². The third-order valence-electron chi connectivity index (χ3n) is 4.23. The summed E-state index contributed by atoms with van der Waals surface area (Å²) in [7, 11) is 2.04. The number of nitrogens with one attached hydrogen (secondary N) is 1. The highest BCUT2D eigenvalue weighted by Crippen LogP contribution is 2.28. The third-order valence-corrected chi connectivity index (χ3v) is 4.23. The van der Waals surface area contributed by atoms with E-state index in [4.69, 9.17) is 0 Å². The van der Waals surface area contributed by atoms with Crippen molar-refractivity contribution in [1.82, 2.24) is 5.32 Å². The third kappa shape index (κ3) is 2.69. The summed E-state index contributed by atoms with van der Waals surface area (Å²) >= 11 is 0. The number of rotatable bonds is 5. The maximum atomic E-state index is 3.36. The molecular weight excluding hydrogens is 220 g/mol. The largest absolute Gasteiger partial charge is 0.369 e. The summed E-state index contributed by atoms with van der Waals surface area (Å²) < 4.78 is 0. The van der Waals surface area contributed by atoms with E-state index in [1.165, 1.54) is 37.1 Å². The van der Waals surface area contributed by atoms with Crippen molar-refractivity contribution in [2.45, 2.75) is 51.6 Å². The van der Waals surface area contributed by atoms with Gasteiger partial charge in [0.25, 0.3) is 0 Å². The van der Waals surface area contributed by atoms with Crippen LogP contribution in [0.3, 0.4) is 0 Å². The molecule has 18 heavy (non-hydrogen) atoms. The number of hydrogen-bond donors (Lipinski definition) is 1. The molecule has 2 rings (SSSR count). The summed E-state index contributed by atoms with van der Waals surface area (Å²) in [5.74, 6) is 0. The van der Waals surface area contributed by atoms with Gasteiger partial charge in [0.15, 0.2) is 0 Å². The van der Waals surface area contributed by atoms with Crippen molar-refractivity contribution in [2.75, 3.05) is 18.5 Å².